The van der Waals surface area contributed by atoms with Crippen molar-refractivity contribution < 1.29 is 9.72 Å². The number of nitro groups is 1. The number of carbonyl (C=O) groups is 1. The number of nitrogens with zero attached hydrogens (tertiary/aromatic N) is 2. The summed E-state index contributed by atoms with van der Waals surface area (Å²) in [5.41, 5.74) is 2.01. The molecule has 0 heterocycles. The molecular weight excluding hydrogens is 352 g/mol. The largest absolute Gasteiger partial charge is 0.339 e. The number of amides is 1. The summed E-state index contributed by atoms with van der Waals surface area (Å²) < 4.78 is 0. The highest BCUT2D eigenvalue weighted by Gasteiger charge is 2.12. The molecule has 0 radical (unpaired) electrons. The van der Waals surface area contributed by atoms with Gasteiger partial charge in [0.15, 0.2) is 5.11 Å². The fourth-order valence-electron chi connectivity index (χ4n) is 2.35. The van der Waals surface area contributed by atoms with Crippen LogP contribution in [0.4, 0.5) is 17.1 Å². The van der Waals surface area contributed by atoms with Crippen molar-refractivity contribution >= 4 is 40.3 Å². The summed E-state index contributed by atoms with van der Waals surface area (Å²) in [7, 11) is 0. The van der Waals surface area contributed by atoms with E-state index in [9.17, 15) is 14.9 Å². The minimum Gasteiger partial charge on any atom is -0.339 e. The van der Waals surface area contributed by atoms with E-state index in [1.165, 1.54) is 12.1 Å². The smallest absolute Gasteiger partial charge is 0.269 e. The molecule has 0 aliphatic carbocycles. The highest BCUT2D eigenvalue weighted by molar-refractivity contribution is 7.80. The Bertz CT molecular complexity index is 787. The average Bonchev–Trinajstić information content (AvgIpc) is 2.63. The van der Waals surface area contributed by atoms with Gasteiger partial charge in [-0.15, -0.1) is 0 Å². The number of rotatable bonds is 6. The van der Waals surface area contributed by atoms with Crippen molar-refractivity contribution in [3.8, 4) is 0 Å². The van der Waals surface area contributed by atoms with Gasteiger partial charge in [-0.05, 0) is 62.5 Å². The molecule has 1 amide bonds. The summed E-state index contributed by atoms with van der Waals surface area (Å²) in [4.78, 5) is 24.2. The van der Waals surface area contributed by atoms with Crippen LogP contribution in [0.25, 0.3) is 0 Å². The van der Waals surface area contributed by atoms with Gasteiger partial charge in [0.2, 0.25) is 0 Å². The molecule has 0 aliphatic heterocycles. The standard InChI is InChI=1S/C18H20N4O3S/c1-3-21(4-2)17(23)13-5-7-14(8-6-13)19-18(26)20-15-9-11-16(12-10-15)22(24)25/h5-12H,3-4H2,1-2H3,(H2,19,20,26). The number of hydrogen-bond donors (Lipinski definition) is 2. The topological polar surface area (TPSA) is 87.5 Å². The minimum atomic E-state index is -0.457. The van der Waals surface area contributed by atoms with Crippen LogP contribution in [0, 0.1) is 10.1 Å². The summed E-state index contributed by atoms with van der Waals surface area (Å²) >= 11 is 5.23. The van der Waals surface area contributed by atoms with Crippen molar-refractivity contribution in [2.45, 2.75) is 13.8 Å². The summed E-state index contributed by atoms with van der Waals surface area (Å²) in [6.45, 7) is 5.22. The molecule has 26 heavy (non-hydrogen) atoms. The van der Waals surface area contributed by atoms with E-state index in [2.05, 4.69) is 10.6 Å². The second-order valence-electron chi connectivity index (χ2n) is 5.44. The summed E-state index contributed by atoms with van der Waals surface area (Å²) in [5.74, 6) is -0.00636. The van der Waals surface area contributed by atoms with E-state index >= 15 is 0 Å². The number of benzene rings is 2. The van der Waals surface area contributed by atoms with Crippen LogP contribution in [-0.4, -0.2) is 33.9 Å². The molecule has 2 rings (SSSR count). The van der Waals surface area contributed by atoms with Crippen LogP contribution < -0.4 is 10.6 Å². The third-order valence-electron chi connectivity index (χ3n) is 3.78. The zero-order valence-electron chi connectivity index (χ0n) is 14.6. The van der Waals surface area contributed by atoms with Crippen LogP contribution in [0.15, 0.2) is 48.5 Å². The van der Waals surface area contributed by atoms with Crippen LogP contribution in [-0.2, 0) is 0 Å². The second kappa shape index (κ2) is 8.91. The minimum absolute atomic E-state index is 0.00636. The van der Waals surface area contributed by atoms with E-state index in [1.807, 2.05) is 13.8 Å². The SMILES string of the molecule is CCN(CC)C(=O)c1ccc(NC(=S)Nc2ccc([N+](=O)[O-])cc2)cc1. The van der Waals surface area contributed by atoms with Gasteiger partial charge in [0.1, 0.15) is 0 Å². The van der Waals surface area contributed by atoms with Crippen LogP contribution in [0.2, 0.25) is 0 Å². The van der Waals surface area contributed by atoms with Crippen molar-refractivity contribution in [2.24, 2.45) is 0 Å². The second-order valence-corrected chi connectivity index (χ2v) is 5.85. The molecule has 7 nitrogen and oxygen atoms in total. The molecule has 0 saturated carbocycles. The van der Waals surface area contributed by atoms with E-state index in [4.69, 9.17) is 12.2 Å². The van der Waals surface area contributed by atoms with Crippen molar-refractivity contribution in [2.75, 3.05) is 23.7 Å². The van der Waals surface area contributed by atoms with E-state index in [-0.39, 0.29) is 11.6 Å². The molecule has 0 saturated heterocycles. The fourth-order valence-corrected chi connectivity index (χ4v) is 2.59. The molecule has 8 heteroatoms. The molecule has 0 unspecified atom stereocenters. The first-order chi connectivity index (χ1) is 12.4. The van der Waals surface area contributed by atoms with E-state index < -0.39 is 4.92 Å². The maximum absolute atomic E-state index is 12.3. The van der Waals surface area contributed by atoms with Gasteiger partial charge >= 0.3 is 0 Å². The number of hydrogen-bond acceptors (Lipinski definition) is 4. The van der Waals surface area contributed by atoms with Crippen molar-refractivity contribution in [1.29, 1.82) is 0 Å². The lowest BCUT2D eigenvalue weighted by atomic mass is 10.2. The first-order valence-electron chi connectivity index (χ1n) is 8.16. The molecule has 0 atom stereocenters. The molecular formula is C18H20N4O3S. The Hall–Kier alpha value is -3.00. The Morgan fingerprint density at radius 3 is 1.88 bits per heavy atom. The van der Waals surface area contributed by atoms with Crippen LogP contribution in [0.3, 0.4) is 0 Å². The molecule has 0 bridgehead atoms. The Morgan fingerprint density at radius 2 is 1.46 bits per heavy atom. The summed E-state index contributed by atoms with van der Waals surface area (Å²) in [6, 6.07) is 13.0. The highest BCUT2D eigenvalue weighted by atomic mass is 32.1. The predicted molar refractivity (Wildman–Crippen MR) is 107 cm³/mol. The Kier molecular flexibility index (Phi) is 6.62. The van der Waals surface area contributed by atoms with Gasteiger partial charge in [-0.25, -0.2) is 0 Å². The third-order valence-corrected chi connectivity index (χ3v) is 3.98. The van der Waals surface area contributed by atoms with E-state index in [0.29, 0.717) is 29.5 Å². The molecule has 2 aromatic rings. The molecule has 0 aromatic heterocycles. The Labute approximate surface area is 157 Å². The first kappa shape index (κ1) is 19.3. The van der Waals surface area contributed by atoms with Crippen molar-refractivity contribution in [3.05, 3.63) is 64.2 Å². The number of carbonyl (C=O) groups excluding carboxylic acids is 1. The van der Waals surface area contributed by atoms with Gasteiger partial charge in [-0.1, -0.05) is 0 Å². The highest BCUT2D eigenvalue weighted by Crippen LogP contribution is 2.16. The van der Waals surface area contributed by atoms with Crippen LogP contribution in [0.5, 0.6) is 0 Å². The van der Waals surface area contributed by atoms with Gasteiger partial charge in [0.25, 0.3) is 11.6 Å². The van der Waals surface area contributed by atoms with Gasteiger partial charge in [0, 0.05) is 42.2 Å². The van der Waals surface area contributed by atoms with Gasteiger partial charge < -0.3 is 15.5 Å². The summed E-state index contributed by atoms with van der Waals surface area (Å²) in [6.07, 6.45) is 0. The first-order valence-corrected chi connectivity index (χ1v) is 8.57. The van der Waals surface area contributed by atoms with E-state index in [0.717, 1.165) is 5.69 Å². The fraction of sp³-hybridized carbons (Fsp3) is 0.222. The lowest BCUT2D eigenvalue weighted by Crippen LogP contribution is -2.30. The molecule has 136 valence electrons. The molecule has 2 N–H and O–H groups in total. The number of non-ortho nitro benzene ring substituents is 1. The molecule has 0 fully saturated rings. The maximum atomic E-state index is 12.3. The Morgan fingerprint density at radius 1 is 1.00 bits per heavy atom. The quantitative estimate of drug-likeness (QED) is 0.454. The van der Waals surface area contributed by atoms with Crippen molar-refractivity contribution in [1.82, 2.24) is 4.90 Å². The maximum Gasteiger partial charge on any atom is 0.269 e. The zero-order valence-corrected chi connectivity index (χ0v) is 15.4. The lowest BCUT2D eigenvalue weighted by Gasteiger charge is -2.18. The van der Waals surface area contributed by atoms with Crippen LogP contribution in [0.1, 0.15) is 24.2 Å². The molecule has 2 aromatic carbocycles. The third kappa shape index (κ3) is 5.00. The monoisotopic (exact) mass is 372 g/mol. The molecule has 0 aliphatic rings. The number of thiocarbonyl (C=S) groups is 1. The van der Waals surface area contributed by atoms with Gasteiger partial charge in [-0.3, -0.25) is 14.9 Å². The van der Waals surface area contributed by atoms with Crippen molar-refractivity contribution in [3.63, 3.8) is 0 Å². The molecule has 0 spiro atoms. The van der Waals surface area contributed by atoms with Crippen LogP contribution >= 0.6 is 12.2 Å². The van der Waals surface area contributed by atoms with Gasteiger partial charge in [0.05, 0.1) is 4.92 Å². The summed E-state index contributed by atoms with van der Waals surface area (Å²) in [5, 5.41) is 17.0. The van der Waals surface area contributed by atoms with Gasteiger partial charge in [-0.2, -0.15) is 0 Å². The predicted octanol–water partition coefficient (Wildman–Crippen LogP) is 3.89. The van der Waals surface area contributed by atoms with E-state index in [1.54, 1.807) is 41.3 Å². The number of nitrogens with one attached hydrogen (secondary N) is 2. The average molecular weight is 372 g/mol. The Balaban J connectivity index is 1.96. The normalized spacial score (nSPS) is 10.1. The number of nitro benzene ring substituents is 1. The lowest BCUT2D eigenvalue weighted by molar-refractivity contribution is -0.384. The number of anilines is 2. The zero-order chi connectivity index (χ0) is 19.1.